The molecule has 1 rings (SSSR count). The van der Waals surface area contributed by atoms with E-state index < -0.39 is 0 Å². The molecule has 0 aliphatic heterocycles. The number of hydrogen-bond donors (Lipinski definition) is 1. The molecular formula is C16H29NO2. The van der Waals surface area contributed by atoms with E-state index in [0.717, 1.165) is 37.0 Å². The number of carbonyl (C=O) groups is 1. The summed E-state index contributed by atoms with van der Waals surface area (Å²) in [6.07, 6.45) is 6.57. The molecule has 0 aromatic rings. The van der Waals surface area contributed by atoms with Crippen LogP contribution in [-0.2, 0) is 9.53 Å². The first kappa shape index (κ1) is 16.1. The van der Waals surface area contributed by atoms with Crippen molar-refractivity contribution in [3.8, 4) is 0 Å². The van der Waals surface area contributed by atoms with E-state index in [1.807, 2.05) is 6.92 Å². The van der Waals surface area contributed by atoms with E-state index >= 15 is 0 Å². The van der Waals surface area contributed by atoms with Gasteiger partial charge in [-0.3, -0.25) is 0 Å². The van der Waals surface area contributed by atoms with Gasteiger partial charge in [-0.15, -0.1) is 0 Å². The second-order valence-corrected chi connectivity index (χ2v) is 5.77. The van der Waals surface area contributed by atoms with Crippen LogP contribution in [0.1, 0.15) is 66.2 Å². The molecule has 1 N–H and O–H groups in total. The van der Waals surface area contributed by atoms with Crippen molar-refractivity contribution in [2.24, 2.45) is 5.92 Å². The Morgan fingerprint density at radius 2 is 1.79 bits per heavy atom. The number of allylic oxidation sites excluding steroid dienone is 1. The average molecular weight is 267 g/mol. The molecule has 0 unspecified atom stereocenters. The third-order valence-corrected chi connectivity index (χ3v) is 3.89. The molecule has 1 atom stereocenters. The van der Waals surface area contributed by atoms with Crippen molar-refractivity contribution in [2.75, 3.05) is 6.61 Å². The molecule has 0 bridgehead atoms. The number of esters is 1. The van der Waals surface area contributed by atoms with Crippen LogP contribution < -0.4 is 5.32 Å². The minimum atomic E-state index is -0.122. The van der Waals surface area contributed by atoms with Crippen LogP contribution in [0.15, 0.2) is 11.3 Å². The van der Waals surface area contributed by atoms with Crippen molar-refractivity contribution in [3.05, 3.63) is 11.3 Å². The van der Waals surface area contributed by atoms with Crippen LogP contribution in [0, 0.1) is 5.92 Å². The molecule has 0 heterocycles. The van der Waals surface area contributed by atoms with E-state index in [0.29, 0.717) is 18.6 Å². The van der Waals surface area contributed by atoms with E-state index in [2.05, 4.69) is 26.1 Å². The Morgan fingerprint density at radius 1 is 1.16 bits per heavy atom. The minimum absolute atomic E-state index is 0.122. The van der Waals surface area contributed by atoms with Gasteiger partial charge in [0.25, 0.3) is 0 Å². The highest BCUT2D eigenvalue weighted by atomic mass is 16.5. The smallest absolute Gasteiger partial charge is 0.335 e. The van der Waals surface area contributed by atoms with Gasteiger partial charge in [-0.2, -0.15) is 0 Å². The monoisotopic (exact) mass is 267 g/mol. The first-order chi connectivity index (χ1) is 9.06. The van der Waals surface area contributed by atoms with Gasteiger partial charge in [0.1, 0.15) is 0 Å². The number of ether oxygens (including phenoxy) is 1. The summed E-state index contributed by atoms with van der Waals surface area (Å²) >= 11 is 0. The zero-order valence-corrected chi connectivity index (χ0v) is 12.9. The molecule has 0 spiro atoms. The van der Waals surface area contributed by atoms with Gasteiger partial charge in [-0.25, -0.2) is 4.79 Å². The van der Waals surface area contributed by atoms with Crippen molar-refractivity contribution in [1.29, 1.82) is 0 Å². The normalized spacial score (nSPS) is 18.8. The second-order valence-electron chi connectivity index (χ2n) is 5.77. The number of nitrogens with one attached hydrogen (secondary N) is 1. The van der Waals surface area contributed by atoms with E-state index in [1.165, 1.54) is 12.8 Å². The van der Waals surface area contributed by atoms with Crippen LogP contribution in [-0.4, -0.2) is 18.6 Å². The maximum absolute atomic E-state index is 12.1. The fraction of sp³-hybridized carbons (Fsp3) is 0.812. The molecule has 0 aromatic heterocycles. The molecule has 0 saturated carbocycles. The molecule has 1 aliphatic rings. The van der Waals surface area contributed by atoms with Gasteiger partial charge < -0.3 is 10.1 Å². The van der Waals surface area contributed by atoms with Gasteiger partial charge in [0.05, 0.1) is 12.2 Å². The molecule has 0 amide bonds. The average Bonchev–Trinajstić information content (AvgIpc) is 2.32. The molecule has 0 aromatic carbocycles. The molecule has 19 heavy (non-hydrogen) atoms. The fourth-order valence-electron chi connectivity index (χ4n) is 2.30. The summed E-state index contributed by atoms with van der Waals surface area (Å²) < 4.78 is 5.21. The number of hydrogen-bond acceptors (Lipinski definition) is 3. The van der Waals surface area contributed by atoms with Crippen molar-refractivity contribution in [3.63, 3.8) is 0 Å². The Labute approximate surface area is 117 Å². The van der Waals surface area contributed by atoms with Crippen molar-refractivity contribution < 1.29 is 9.53 Å². The minimum Gasteiger partial charge on any atom is -0.463 e. The predicted molar refractivity (Wildman–Crippen MR) is 78.8 cm³/mol. The maximum atomic E-state index is 12.1. The predicted octanol–water partition coefficient (Wildman–Crippen LogP) is 3.79. The summed E-state index contributed by atoms with van der Waals surface area (Å²) in [4.78, 5) is 12.1. The lowest BCUT2D eigenvalue weighted by Gasteiger charge is -2.25. The summed E-state index contributed by atoms with van der Waals surface area (Å²) in [5.41, 5.74) is 2.01. The van der Waals surface area contributed by atoms with Gasteiger partial charge in [-0.1, -0.05) is 26.7 Å². The van der Waals surface area contributed by atoms with Crippen LogP contribution in [0.25, 0.3) is 0 Å². The molecular weight excluding hydrogens is 238 g/mol. The summed E-state index contributed by atoms with van der Waals surface area (Å²) in [6, 6.07) is 0.388. The molecule has 3 heteroatoms. The number of carbonyl (C=O) groups excluding carboxylic acids is 1. The molecule has 1 aliphatic carbocycles. The van der Waals surface area contributed by atoms with Gasteiger partial charge in [0.15, 0.2) is 0 Å². The Morgan fingerprint density at radius 3 is 2.37 bits per heavy atom. The zero-order valence-electron chi connectivity index (χ0n) is 12.9. The lowest BCUT2D eigenvalue weighted by Crippen LogP contribution is -2.32. The summed E-state index contributed by atoms with van der Waals surface area (Å²) in [5.74, 6) is 0.434. The van der Waals surface area contributed by atoms with Gasteiger partial charge in [0, 0.05) is 11.7 Å². The van der Waals surface area contributed by atoms with Gasteiger partial charge in [-0.05, 0) is 45.4 Å². The van der Waals surface area contributed by atoms with Crippen molar-refractivity contribution in [1.82, 2.24) is 5.32 Å². The highest BCUT2D eigenvalue weighted by Crippen LogP contribution is 2.23. The van der Waals surface area contributed by atoms with E-state index in [1.54, 1.807) is 0 Å². The maximum Gasteiger partial charge on any atom is 0.335 e. The third-order valence-electron chi connectivity index (χ3n) is 3.89. The fourth-order valence-corrected chi connectivity index (χ4v) is 2.30. The van der Waals surface area contributed by atoms with Crippen molar-refractivity contribution >= 4 is 5.97 Å². The highest BCUT2D eigenvalue weighted by molar-refractivity contribution is 5.89. The second kappa shape index (κ2) is 8.23. The van der Waals surface area contributed by atoms with Gasteiger partial charge >= 0.3 is 5.97 Å². The van der Waals surface area contributed by atoms with E-state index in [9.17, 15) is 4.79 Å². The SMILES string of the molecule is CCOC(=O)C1=C(N[C@@H](C)C(C)C)CCCCCC1. The first-order valence-electron chi connectivity index (χ1n) is 7.72. The summed E-state index contributed by atoms with van der Waals surface area (Å²) in [5, 5.41) is 3.55. The Balaban J connectivity index is 2.88. The first-order valence-corrected chi connectivity index (χ1v) is 7.72. The molecule has 110 valence electrons. The van der Waals surface area contributed by atoms with Gasteiger partial charge in [0.2, 0.25) is 0 Å². The molecule has 3 nitrogen and oxygen atoms in total. The molecule has 0 saturated heterocycles. The topological polar surface area (TPSA) is 38.3 Å². The zero-order chi connectivity index (χ0) is 14.3. The van der Waals surface area contributed by atoms with Crippen LogP contribution in [0.2, 0.25) is 0 Å². The quantitative estimate of drug-likeness (QED) is 0.770. The summed E-state index contributed by atoms with van der Waals surface area (Å²) in [6.45, 7) is 8.90. The Kier molecular flexibility index (Phi) is 6.96. The highest BCUT2D eigenvalue weighted by Gasteiger charge is 2.20. The molecule has 0 radical (unpaired) electrons. The van der Waals surface area contributed by atoms with Crippen molar-refractivity contribution in [2.45, 2.75) is 72.3 Å². The standard InChI is InChI=1S/C16H29NO2/c1-5-19-16(18)14-10-8-6-7-9-11-15(14)17-13(4)12(2)3/h12-13,17H,5-11H2,1-4H3/t13-/m0/s1. The van der Waals surface area contributed by atoms with Crippen LogP contribution in [0.3, 0.4) is 0 Å². The third kappa shape index (κ3) is 5.25. The van der Waals surface area contributed by atoms with Crippen LogP contribution in [0.4, 0.5) is 0 Å². The van der Waals surface area contributed by atoms with E-state index in [4.69, 9.17) is 4.74 Å². The lowest BCUT2D eigenvalue weighted by atomic mass is 9.96. The Hall–Kier alpha value is -0.990. The van der Waals surface area contributed by atoms with Crippen LogP contribution >= 0.6 is 0 Å². The molecule has 0 fully saturated rings. The van der Waals surface area contributed by atoms with Crippen LogP contribution in [0.5, 0.6) is 0 Å². The number of rotatable bonds is 5. The van der Waals surface area contributed by atoms with E-state index in [-0.39, 0.29) is 5.97 Å². The lowest BCUT2D eigenvalue weighted by molar-refractivity contribution is -0.138. The summed E-state index contributed by atoms with van der Waals surface area (Å²) in [7, 11) is 0. The Bertz CT molecular complexity index is 321. The largest absolute Gasteiger partial charge is 0.463 e.